The second kappa shape index (κ2) is 8.08. The van der Waals surface area contributed by atoms with E-state index in [1.165, 1.54) is 0 Å². The van der Waals surface area contributed by atoms with Gasteiger partial charge in [0, 0.05) is 37.3 Å². The fraction of sp³-hybridized carbons (Fsp3) is 0.294. The Bertz CT molecular complexity index is 893. The Balaban J connectivity index is 1.46. The summed E-state index contributed by atoms with van der Waals surface area (Å²) in [6, 6.07) is 10.9. The predicted molar refractivity (Wildman–Crippen MR) is 103 cm³/mol. The number of ether oxygens (including phenoxy) is 1. The quantitative estimate of drug-likeness (QED) is 0.697. The Morgan fingerprint density at radius 1 is 0.963 bits per heavy atom. The number of nitrogens with zero attached hydrogens (tertiary/aromatic N) is 6. The minimum Gasteiger partial charge on any atom is -0.470 e. The molecule has 1 fully saturated rings. The van der Waals surface area contributed by atoms with Crippen molar-refractivity contribution in [2.24, 2.45) is 0 Å². The molecule has 0 aliphatic carbocycles. The summed E-state index contributed by atoms with van der Waals surface area (Å²) in [5, 5.41) is 20.6. The third-order valence-electron chi connectivity index (χ3n) is 4.21. The lowest BCUT2D eigenvalue weighted by Gasteiger charge is -2.27. The van der Waals surface area contributed by atoms with Crippen LogP contribution in [0.4, 0.5) is 5.82 Å². The Kier molecular flexibility index (Phi) is 5.38. The highest BCUT2D eigenvalue weighted by Gasteiger charge is 2.15. The van der Waals surface area contributed by atoms with Crippen LogP contribution in [0.15, 0.2) is 36.4 Å². The molecule has 8 nitrogen and oxygen atoms in total. The molecule has 1 aliphatic heterocycles. The van der Waals surface area contributed by atoms with E-state index in [0.29, 0.717) is 16.6 Å². The SMILES string of the molecule is Clc1ccc(-n2nnc(Cl)c2COc2ccc(N3CCNCC3)nn2)cc1. The molecule has 0 spiro atoms. The van der Waals surface area contributed by atoms with Gasteiger partial charge in [0.2, 0.25) is 5.88 Å². The second-order valence-electron chi connectivity index (χ2n) is 5.97. The Morgan fingerprint density at radius 3 is 2.44 bits per heavy atom. The molecule has 1 saturated heterocycles. The average molecular weight is 406 g/mol. The summed E-state index contributed by atoms with van der Waals surface area (Å²) >= 11 is 12.1. The van der Waals surface area contributed by atoms with Crippen LogP contribution in [-0.4, -0.2) is 51.4 Å². The minimum atomic E-state index is 0.163. The van der Waals surface area contributed by atoms with Crippen LogP contribution in [0.2, 0.25) is 10.2 Å². The van der Waals surface area contributed by atoms with E-state index in [2.05, 4.69) is 30.7 Å². The van der Waals surface area contributed by atoms with Crippen LogP contribution in [0.5, 0.6) is 5.88 Å². The van der Waals surface area contributed by atoms with Gasteiger partial charge in [-0.15, -0.1) is 15.3 Å². The normalized spacial score (nSPS) is 14.4. The molecule has 0 saturated carbocycles. The zero-order valence-electron chi connectivity index (χ0n) is 14.3. The van der Waals surface area contributed by atoms with E-state index in [0.717, 1.165) is 37.7 Å². The van der Waals surface area contributed by atoms with Crippen LogP contribution in [0, 0.1) is 0 Å². The molecule has 0 unspecified atom stereocenters. The summed E-state index contributed by atoms with van der Waals surface area (Å²) < 4.78 is 7.36. The molecule has 140 valence electrons. The van der Waals surface area contributed by atoms with Gasteiger partial charge >= 0.3 is 0 Å². The van der Waals surface area contributed by atoms with Gasteiger partial charge in [-0.3, -0.25) is 0 Å². The van der Waals surface area contributed by atoms with Gasteiger partial charge < -0.3 is 15.0 Å². The van der Waals surface area contributed by atoms with E-state index in [1.807, 2.05) is 18.2 Å². The number of hydrogen-bond donors (Lipinski definition) is 1. The molecule has 1 N–H and O–H groups in total. The number of aromatic nitrogens is 5. The van der Waals surface area contributed by atoms with Gasteiger partial charge in [-0.05, 0) is 30.3 Å². The highest BCUT2D eigenvalue weighted by Crippen LogP contribution is 2.21. The van der Waals surface area contributed by atoms with E-state index in [-0.39, 0.29) is 11.8 Å². The third kappa shape index (κ3) is 4.13. The molecule has 0 amide bonds. The number of rotatable bonds is 5. The first kappa shape index (κ1) is 18.0. The van der Waals surface area contributed by atoms with Crippen LogP contribution in [0.25, 0.3) is 5.69 Å². The molecule has 0 radical (unpaired) electrons. The summed E-state index contributed by atoms with van der Waals surface area (Å²) in [6.45, 7) is 3.88. The standard InChI is InChI=1S/C17H17Cl2N7O/c18-12-1-3-13(4-2-12)26-14(17(19)23-24-26)11-27-16-6-5-15(21-22-16)25-9-7-20-8-10-25/h1-6,20H,7-11H2. The smallest absolute Gasteiger partial charge is 0.233 e. The van der Waals surface area contributed by atoms with Crippen molar-refractivity contribution in [2.75, 3.05) is 31.1 Å². The van der Waals surface area contributed by atoms with Crippen LogP contribution in [0.3, 0.4) is 0 Å². The first-order chi connectivity index (χ1) is 13.2. The Hall–Kier alpha value is -2.42. The molecule has 1 aromatic carbocycles. The van der Waals surface area contributed by atoms with Gasteiger partial charge in [0.1, 0.15) is 12.3 Å². The summed E-state index contributed by atoms with van der Waals surface area (Å²) in [7, 11) is 0. The minimum absolute atomic E-state index is 0.163. The molecule has 4 rings (SSSR count). The van der Waals surface area contributed by atoms with E-state index in [1.54, 1.807) is 22.9 Å². The number of hydrogen-bond acceptors (Lipinski definition) is 7. The number of anilines is 1. The van der Waals surface area contributed by atoms with E-state index >= 15 is 0 Å². The number of halogens is 2. The third-order valence-corrected chi connectivity index (χ3v) is 4.76. The van der Waals surface area contributed by atoms with Crippen molar-refractivity contribution in [1.29, 1.82) is 0 Å². The fourth-order valence-corrected chi connectivity index (χ4v) is 3.08. The zero-order chi connectivity index (χ0) is 18.6. The first-order valence-electron chi connectivity index (χ1n) is 8.49. The average Bonchev–Trinajstić information content (AvgIpc) is 3.08. The van der Waals surface area contributed by atoms with Crippen LogP contribution in [-0.2, 0) is 6.61 Å². The van der Waals surface area contributed by atoms with Crippen molar-refractivity contribution in [3.05, 3.63) is 52.3 Å². The molecular weight excluding hydrogens is 389 g/mol. The van der Waals surface area contributed by atoms with Crippen molar-refractivity contribution < 1.29 is 4.74 Å². The zero-order valence-corrected chi connectivity index (χ0v) is 15.9. The van der Waals surface area contributed by atoms with Gasteiger partial charge in [0.15, 0.2) is 11.0 Å². The van der Waals surface area contributed by atoms with Gasteiger partial charge in [-0.1, -0.05) is 28.4 Å². The van der Waals surface area contributed by atoms with Gasteiger partial charge in [0.05, 0.1) is 5.69 Å². The summed E-state index contributed by atoms with van der Waals surface area (Å²) in [4.78, 5) is 2.18. The fourth-order valence-electron chi connectivity index (χ4n) is 2.79. The predicted octanol–water partition coefficient (Wildman–Crippen LogP) is 2.35. The molecule has 1 aliphatic rings. The van der Waals surface area contributed by atoms with Gasteiger partial charge in [-0.2, -0.15) is 0 Å². The maximum absolute atomic E-state index is 6.17. The van der Waals surface area contributed by atoms with Gasteiger partial charge in [0.25, 0.3) is 0 Å². The lowest BCUT2D eigenvalue weighted by molar-refractivity contribution is 0.282. The van der Waals surface area contributed by atoms with Crippen LogP contribution >= 0.6 is 23.2 Å². The van der Waals surface area contributed by atoms with Crippen molar-refractivity contribution in [3.8, 4) is 11.6 Å². The van der Waals surface area contributed by atoms with Crippen LogP contribution in [0.1, 0.15) is 5.69 Å². The van der Waals surface area contributed by atoms with E-state index < -0.39 is 0 Å². The summed E-state index contributed by atoms with van der Waals surface area (Å²) in [6.07, 6.45) is 0. The highest BCUT2D eigenvalue weighted by molar-refractivity contribution is 6.30. The molecule has 3 heterocycles. The van der Waals surface area contributed by atoms with E-state index in [4.69, 9.17) is 27.9 Å². The molecule has 0 bridgehead atoms. The Morgan fingerprint density at radius 2 is 1.74 bits per heavy atom. The lowest BCUT2D eigenvalue weighted by Crippen LogP contribution is -2.43. The van der Waals surface area contributed by atoms with Gasteiger partial charge in [-0.25, -0.2) is 4.68 Å². The molecule has 10 heteroatoms. The maximum atomic E-state index is 6.17. The maximum Gasteiger partial charge on any atom is 0.233 e. The molecule has 2 aromatic heterocycles. The highest BCUT2D eigenvalue weighted by atomic mass is 35.5. The Labute approximate surface area is 166 Å². The summed E-state index contributed by atoms with van der Waals surface area (Å²) in [5.74, 6) is 1.25. The monoisotopic (exact) mass is 405 g/mol. The number of benzene rings is 1. The lowest BCUT2D eigenvalue weighted by atomic mass is 10.3. The molecular formula is C17H17Cl2N7O. The molecule has 3 aromatic rings. The van der Waals surface area contributed by atoms with Crippen molar-refractivity contribution >= 4 is 29.0 Å². The van der Waals surface area contributed by atoms with E-state index in [9.17, 15) is 0 Å². The van der Waals surface area contributed by atoms with Crippen LogP contribution < -0.4 is 15.0 Å². The topological polar surface area (TPSA) is 81.0 Å². The van der Waals surface area contributed by atoms with Crippen molar-refractivity contribution in [1.82, 2.24) is 30.5 Å². The molecule has 27 heavy (non-hydrogen) atoms. The largest absolute Gasteiger partial charge is 0.470 e. The first-order valence-corrected chi connectivity index (χ1v) is 9.24. The summed E-state index contributed by atoms with van der Waals surface area (Å²) in [5.41, 5.74) is 1.41. The number of piperazine rings is 1. The van der Waals surface area contributed by atoms with Crippen molar-refractivity contribution in [2.45, 2.75) is 6.61 Å². The number of nitrogens with one attached hydrogen (secondary N) is 1. The molecule has 0 atom stereocenters. The second-order valence-corrected chi connectivity index (χ2v) is 6.77. The van der Waals surface area contributed by atoms with Crippen molar-refractivity contribution in [3.63, 3.8) is 0 Å².